The molecule has 1 aliphatic rings. The molecule has 0 heterocycles. The molecule has 1 fully saturated rings. The largest absolute Gasteiger partial charge is 0.380 e. The van der Waals surface area contributed by atoms with E-state index in [0.29, 0.717) is 11.5 Å². The van der Waals surface area contributed by atoms with E-state index in [9.17, 15) is 8.42 Å². The molecule has 1 saturated carbocycles. The maximum Gasteiger partial charge on any atom is 0.183 e. The van der Waals surface area contributed by atoms with E-state index >= 15 is 0 Å². The predicted octanol–water partition coefficient (Wildman–Crippen LogP) is 3.23. The van der Waals surface area contributed by atoms with Gasteiger partial charge in [0.15, 0.2) is 9.84 Å². The molecule has 3 rings (SSSR count). The van der Waals surface area contributed by atoms with Gasteiger partial charge in [-0.3, -0.25) is 0 Å². The second-order valence-corrected chi connectivity index (χ2v) is 9.17. The van der Waals surface area contributed by atoms with Crippen LogP contribution in [-0.2, 0) is 21.0 Å². The fourth-order valence-corrected chi connectivity index (χ4v) is 5.95. The Hall–Kier alpha value is -1.69. The Kier molecular flexibility index (Phi) is 5.24. The minimum absolute atomic E-state index is 0.236. The average Bonchev–Trinajstić information content (AvgIpc) is 3.27. The van der Waals surface area contributed by atoms with Gasteiger partial charge in [0.25, 0.3) is 0 Å². The molecule has 1 aliphatic carbocycles. The van der Waals surface area contributed by atoms with Crippen molar-refractivity contribution in [1.82, 2.24) is 0 Å². The van der Waals surface area contributed by atoms with Gasteiger partial charge in [0.05, 0.1) is 22.3 Å². The van der Waals surface area contributed by atoms with E-state index in [2.05, 4.69) is 6.92 Å². The molecule has 0 aliphatic heterocycles. The van der Waals surface area contributed by atoms with Crippen LogP contribution in [0.2, 0.25) is 0 Å². The number of nitrogens with two attached hydrogens (primary N) is 1. The van der Waals surface area contributed by atoms with Crippen LogP contribution in [0, 0.1) is 6.92 Å². The Morgan fingerprint density at radius 2 is 1.65 bits per heavy atom. The van der Waals surface area contributed by atoms with Crippen LogP contribution in [0.4, 0.5) is 0 Å². The van der Waals surface area contributed by atoms with E-state index in [0.717, 1.165) is 17.5 Å². The van der Waals surface area contributed by atoms with Gasteiger partial charge in [-0.05, 0) is 43.5 Å². The first-order valence-corrected chi connectivity index (χ1v) is 10.6. The van der Waals surface area contributed by atoms with Crippen molar-refractivity contribution >= 4 is 9.84 Å². The van der Waals surface area contributed by atoms with Gasteiger partial charge in [0, 0.05) is 12.5 Å². The van der Waals surface area contributed by atoms with E-state index in [1.807, 2.05) is 50.2 Å². The number of aryl methyl sites for hydroxylation is 2. The van der Waals surface area contributed by atoms with Crippen LogP contribution >= 0.6 is 0 Å². The van der Waals surface area contributed by atoms with Crippen LogP contribution in [0.15, 0.2) is 53.4 Å². The number of benzene rings is 2. The summed E-state index contributed by atoms with van der Waals surface area (Å²) in [5.41, 5.74) is 8.89. The molecule has 0 bridgehead atoms. The third kappa shape index (κ3) is 3.31. The van der Waals surface area contributed by atoms with Crippen LogP contribution in [0.3, 0.4) is 0 Å². The fourth-order valence-electron chi connectivity index (χ4n) is 3.66. The van der Waals surface area contributed by atoms with Crippen molar-refractivity contribution in [3.05, 3.63) is 65.2 Å². The first-order chi connectivity index (χ1) is 12.3. The molecule has 0 unspecified atom stereocenters. The quantitative estimate of drug-likeness (QED) is 0.809. The summed E-state index contributed by atoms with van der Waals surface area (Å²) in [5.74, 6) is -0.258. The molecule has 2 aromatic carbocycles. The molecule has 26 heavy (non-hydrogen) atoms. The summed E-state index contributed by atoms with van der Waals surface area (Å²) in [6.45, 7) is 6.67. The molecule has 2 N–H and O–H groups in total. The van der Waals surface area contributed by atoms with Gasteiger partial charge in [-0.15, -0.1) is 0 Å². The molecule has 3 atom stereocenters. The van der Waals surface area contributed by atoms with Crippen molar-refractivity contribution in [2.75, 3.05) is 13.2 Å². The van der Waals surface area contributed by atoms with Gasteiger partial charge in [-0.2, -0.15) is 0 Å². The minimum atomic E-state index is -3.54. The first kappa shape index (κ1) is 19.1. The highest BCUT2D eigenvalue weighted by Crippen LogP contribution is 2.55. The van der Waals surface area contributed by atoms with Gasteiger partial charge >= 0.3 is 0 Å². The normalized spacial score (nSPS) is 25.2. The maximum absolute atomic E-state index is 13.3. The highest BCUT2D eigenvalue weighted by atomic mass is 32.2. The molecule has 4 nitrogen and oxygen atoms in total. The van der Waals surface area contributed by atoms with Crippen molar-refractivity contribution in [2.24, 2.45) is 5.73 Å². The second-order valence-electron chi connectivity index (χ2n) is 7.10. The lowest BCUT2D eigenvalue weighted by Gasteiger charge is -2.12. The zero-order valence-corrected chi connectivity index (χ0v) is 16.4. The van der Waals surface area contributed by atoms with Gasteiger partial charge in [-0.25, -0.2) is 8.42 Å². The monoisotopic (exact) mass is 373 g/mol. The highest BCUT2D eigenvalue weighted by molar-refractivity contribution is 7.92. The molecule has 140 valence electrons. The average molecular weight is 374 g/mol. The topological polar surface area (TPSA) is 69.4 Å². The van der Waals surface area contributed by atoms with Gasteiger partial charge in [0.2, 0.25) is 0 Å². The van der Waals surface area contributed by atoms with Crippen molar-refractivity contribution < 1.29 is 13.2 Å². The summed E-state index contributed by atoms with van der Waals surface area (Å²) >= 11 is 0. The molecular weight excluding hydrogens is 346 g/mol. The summed E-state index contributed by atoms with van der Waals surface area (Å²) in [6.07, 6.45) is 0.947. The molecule has 0 amide bonds. The van der Waals surface area contributed by atoms with Crippen LogP contribution in [0.25, 0.3) is 0 Å². The summed E-state index contributed by atoms with van der Waals surface area (Å²) in [5, 5.41) is -0.670. The standard InChI is InChI=1S/C21H27NO3S/c1-4-16-8-10-17(11-9-16)19-20(21(19,22)14-25-5-2)26(23,24)18-12-6-15(3)7-13-18/h6-13,19-20H,4-5,14,22H2,1-3H3/t19-,20+,21+/m1/s1. The Morgan fingerprint density at radius 1 is 1.04 bits per heavy atom. The van der Waals surface area contributed by atoms with Crippen molar-refractivity contribution in [3.63, 3.8) is 0 Å². The van der Waals surface area contributed by atoms with E-state index < -0.39 is 20.6 Å². The maximum atomic E-state index is 13.3. The molecule has 5 heteroatoms. The van der Waals surface area contributed by atoms with E-state index in [1.165, 1.54) is 5.56 Å². The Balaban J connectivity index is 1.97. The van der Waals surface area contributed by atoms with Gasteiger partial charge in [0.1, 0.15) is 0 Å². The zero-order valence-electron chi connectivity index (χ0n) is 15.6. The lowest BCUT2D eigenvalue weighted by atomic mass is 10.0. The summed E-state index contributed by atoms with van der Waals surface area (Å²) in [7, 11) is -3.54. The van der Waals surface area contributed by atoms with Crippen LogP contribution in [0.5, 0.6) is 0 Å². The molecule has 0 spiro atoms. The highest BCUT2D eigenvalue weighted by Gasteiger charge is 2.69. The van der Waals surface area contributed by atoms with Crippen molar-refractivity contribution in [2.45, 2.75) is 48.8 Å². The summed E-state index contributed by atoms with van der Waals surface area (Å²) in [6, 6.07) is 15.1. The van der Waals surface area contributed by atoms with E-state index in [4.69, 9.17) is 10.5 Å². The summed E-state index contributed by atoms with van der Waals surface area (Å²) in [4.78, 5) is 0.326. The number of ether oxygens (including phenoxy) is 1. The van der Waals surface area contributed by atoms with Crippen LogP contribution in [0.1, 0.15) is 36.5 Å². The Morgan fingerprint density at radius 3 is 2.19 bits per heavy atom. The van der Waals surface area contributed by atoms with Crippen LogP contribution in [-0.4, -0.2) is 32.4 Å². The predicted molar refractivity (Wildman–Crippen MR) is 104 cm³/mol. The van der Waals surface area contributed by atoms with Crippen LogP contribution < -0.4 is 5.73 Å². The third-order valence-corrected chi connectivity index (χ3v) is 7.60. The smallest absolute Gasteiger partial charge is 0.183 e. The fraction of sp³-hybridized carbons (Fsp3) is 0.429. The minimum Gasteiger partial charge on any atom is -0.380 e. The molecule has 0 aromatic heterocycles. The number of hydrogen-bond donors (Lipinski definition) is 1. The number of sulfone groups is 1. The van der Waals surface area contributed by atoms with E-state index in [-0.39, 0.29) is 12.5 Å². The lowest BCUT2D eigenvalue weighted by molar-refractivity contribution is 0.125. The Labute approximate surface area is 156 Å². The van der Waals surface area contributed by atoms with Gasteiger partial charge < -0.3 is 10.5 Å². The number of hydrogen-bond acceptors (Lipinski definition) is 4. The van der Waals surface area contributed by atoms with Crippen molar-refractivity contribution in [1.29, 1.82) is 0 Å². The molecule has 0 radical (unpaired) electrons. The summed E-state index contributed by atoms with van der Waals surface area (Å²) < 4.78 is 32.1. The first-order valence-electron chi connectivity index (χ1n) is 9.10. The molecular formula is C21H27NO3S. The van der Waals surface area contributed by atoms with E-state index in [1.54, 1.807) is 12.1 Å². The zero-order chi connectivity index (χ0) is 18.9. The van der Waals surface area contributed by atoms with Crippen molar-refractivity contribution in [3.8, 4) is 0 Å². The third-order valence-electron chi connectivity index (χ3n) is 5.29. The van der Waals surface area contributed by atoms with Gasteiger partial charge in [-0.1, -0.05) is 48.9 Å². The molecule has 0 saturated heterocycles. The Bertz CT molecular complexity index is 859. The second kappa shape index (κ2) is 7.14. The SMILES string of the molecule is CCOC[C@]1(N)[C@H](c2ccc(CC)cc2)[C@@H]1S(=O)(=O)c1ccc(C)cc1. The lowest BCUT2D eigenvalue weighted by Crippen LogP contribution is -2.36. The molecule has 2 aromatic rings. The number of rotatable bonds is 7.